The predicted molar refractivity (Wildman–Crippen MR) is 99.5 cm³/mol. The zero-order chi connectivity index (χ0) is 18.1. The molecule has 0 spiro atoms. The zero-order valence-electron chi connectivity index (χ0n) is 15.5. The van der Waals surface area contributed by atoms with Crippen LogP contribution in [0.2, 0.25) is 14.8 Å². The van der Waals surface area contributed by atoms with E-state index in [9.17, 15) is 9.59 Å². The van der Waals surface area contributed by atoms with Gasteiger partial charge in [0.1, 0.15) is 0 Å². The van der Waals surface area contributed by atoms with E-state index < -0.39 is 30.1 Å². The van der Waals surface area contributed by atoms with E-state index in [0.717, 1.165) is 14.7 Å². The summed E-state index contributed by atoms with van der Waals surface area (Å²) in [5.74, 6) is 0.0780. The van der Waals surface area contributed by atoms with Gasteiger partial charge in [0.15, 0.2) is 0 Å². The first kappa shape index (κ1) is 19.0. The standard InChI is InChI=1S/C16H18NO3.3CH3.Sn/c1-16(2,3)20-15(19)17-10-13(9-14(18)11-17)12-7-5-4-6-8-12;;;;/h4-8H,10-11H2,1-3H3;3*1H3;. The monoisotopic (exact) mass is 437 g/mol. The van der Waals surface area contributed by atoms with Gasteiger partial charge < -0.3 is 0 Å². The SMILES string of the molecule is CC(C)(C)OC(=O)N1CC(=O)[C]([Sn]([CH3])([CH3])[CH3])=C(c2ccccc2)C1. The molecule has 0 saturated carbocycles. The van der Waals surface area contributed by atoms with Crippen molar-refractivity contribution >= 4 is 35.8 Å². The van der Waals surface area contributed by atoms with Crippen molar-refractivity contribution in [2.24, 2.45) is 0 Å². The minimum absolute atomic E-state index is 0.0780. The minimum atomic E-state index is -2.62. The van der Waals surface area contributed by atoms with Gasteiger partial charge in [-0.3, -0.25) is 0 Å². The number of ether oxygens (including phenoxy) is 1. The molecule has 1 aliphatic rings. The molecular weight excluding hydrogens is 409 g/mol. The molecule has 1 heterocycles. The number of carbonyl (C=O) groups excluding carboxylic acids is 2. The third-order valence-corrected chi connectivity index (χ3v) is 9.73. The van der Waals surface area contributed by atoms with Gasteiger partial charge in [-0.15, -0.1) is 0 Å². The average Bonchev–Trinajstić information content (AvgIpc) is 2.44. The van der Waals surface area contributed by atoms with E-state index in [2.05, 4.69) is 14.8 Å². The van der Waals surface area contributed by atoms with Crippen molar-refractivity contribution in [3.63, 3.8) is 0 Å². The van der Waals surface area contributed by atoms with Gasteiger partial charge in [0.2, 0.25) is 0 Å². The van der Waals surface area contributed by atoms with Crippen LogP contribution in [0.4, 0.5) is 4.79 Å². The van der Waals surface area contributed by atoms with Crippen LogP contribution in [-0.2, 0) is 9.53 Å². The molecule has 0 aromatic heterocycles. The fraction of sp³-hybridized carbons (Fsp3) is 0.474. The molecule has 5 heteroatoms. The second-order valence-electron chi connectivity index (χ2n) is 8.23. The molecule has 24 heavy (non-hydrogen) atoms. The Labute approximate surface area is 148 Å². The van der Waals surface area contributed by atoms with E-state index in [0.29, 0.717) is 6.54 Å². The number of hydrogen-bond acceptors (Lipinski definition) is 3. The normalized spacial score (nSPS) is 16.4. The van der Waals surface area contributed by atoms with E-state index in [1.54, 1.807) is 0 Å². The van der Waals surface area contributed by atoms with Crippen molar-refractivity contribution in [1.82, 2.24) is 4.90 Å². The Balaban J connectivity index is 2.43. The van der Waals surface area contributed by atoms with Crippen LogP contribution in [0.5, 0.6) is 0 Å². The molecule has 0 N–H and O–H groups in total. The fourth-order valence-electron chi connectivity index (χ4n) is 2.95. The van der Waals surface area contributed by atoms with Crippen LogP contribution in [0.3, 0.4) is 0 Å². The summed E-state index contributed by atoms with van der Waals surface area (Å²) >= 11 is -2.62. The van der Waals surface area contributed by atoms with Crippen LogP contribution in [-0.4, -0.2) is 53.8 Å². The van der Waals surface area contributed by atoms with Gasteiger partial charge in [-0.1, -0.05) is 0 Å². The van der Waals surface area contributed by atoms with Crippen molar-refractivity contribution in [2.45, 2.75) is 41.2 Å². The molecule has 1 aromatic rings. The van der Waals surface area contributed by atoms with Gasteiger partial charge in [0.25, 0.3) is 0 Å². The third kappa shape index (κ3) is 4.62. The Morgan fingerprint density at radius 2 is 1.67 bits per heavy atom. The van der Waals surface area contributed by atoms with Gasteiger partial charge in [-0.05, 0) is 0 Å². The first-order valence-electron chi connectivity index (χ1n) is 8.29. The van der Waals surface area contributed by atoms with Crippen LogP contribution in [0, 0.1) is 0 Å². The molecule has 0 unspecified atom stereocenters. The number of nitrogens with zero attached hydrogens (tertiary/aromatic N) is 1. The van der Waals surface area contributed by atoms with E-state index in [-0.39, 0.29) is 12.3 Å². The Kier molecular flexibility index (Phi) is 5.47. The Hall–Kier alpha value is -1.30. The third-order valence-electron chi connectivity index (χ3n) is 3.79. The van der Waals surface area contributed by atoms with Gasteiger partial charge in [0.05, 0.1) is 0 Å². The molecule has 2 rings (SSSR count). The van der Waals surface area contributed by atoms with Crippen LogP contribution in [0.1, 0.15) is 26.3 Å². The van der Waals surface area contributed by atoms with Crippen LogP contribution in [0.25, 0.3) is 5.57 Å². The number of carbonyl (C=O) groups is 2. The maximum absolute atomic E-state index is 12.9. The molecule has 4 nitrogen and oxygen atoms in total. The van der Waals surface area contributed by atoms with Gasteiger partial charge in [-0.25, -0.2) is 0 Å². The number of rotatable bonds is 2. The summed E-state index contributed by atoms with van der Waals surface area (Å²) < 4.78 is 6.47. The molecule has 1 aromatic carbocycles. The van der Waals surface area contributed by atoms with Crippen molar-refractivity contribution in [2.75, 3.05) is 13.1 Å². The fourth-order valence-corrected chi connectivity index (χ4v) is 8.78. The number of benzene rings is 1. The second-order valence-corrected chi connectivity index (χ2v) is 22.5. The molecule has 0 atom stereocenters. The molecular formula is C19H27NO3Sn. The summed E-state index contributed by atoms with van der Waals surface area (Å²) in [5, 5.41) is 0. The quantitative estimate of drug-likeness (QED) is 0.656. The Bertz CT molecular complexity index is 666. The number of ketones is 1. The summed E-state index contributed by atoms with van der Waals surface area (Å²) in [5.41, 5.74) is 1.46. The van der Waals surface area contributed by atoms with Crippen LogP contribution >= 0.6 is 0 Å². The average molecular weight is 436 g/mol. The summed E-state index contributed by atoms with van der Waals surface area (Å²) in [7, 11) is 0. The molecule has 1 aliphatic heterocycles. The Morgan fingerprint density at radius 1 is 1.08 bits per heavy atom. The molecule has 1 amide bonds. The van der Waals surface area contributed by atoms with Crippen molar-refractivity contribution in [3.05, 3.63) is 39.5 Å². The molecule has 0 radical (unpaired) electrons. The molecule has 0 saturated heterocycles. The van der Waals surface area contributed by atoms with E-state index in [4.69, 9.17) is 4.74 Å². The molecule has 0 aliphatic carbocycles. The summed E-state index contributed by atoms with van der Waals surface area (Å²) in [6.45, 7) is 6.06. The maximum atomic E-state index is 12.9. The molecule has 0 fully saturated rings. The predicted octanol–water partition coefficient (Wildman–Crippen LogP) is 4.14. The van der Waals surface area contributed by atoms with Gasteiger partial charge in [0, 0.05) is 0 Å². The van der Waals surface area contributed by atoms with E-state index in [1.807, 2.05) is 51.1 Å². The summed E-state index contributed by atoms with van der Waals surface area (Å²) in [6.07, 6.45) is -0.424. The van der Waals surface area contributed by atoms with Gasteiger partial charge in [-0.2, -0.15) is 0 Å². The summed E-state index contributed by atoms with van der Waals surface area (Å²) in [4.78, 5) is 33.5. The number of hydrogen-bond donors (Lipinski definition) is 0. The van der Waals surface area contributed by atoms with E-state index >= 15 is 0 Å². The van der Waals surface area contributed by atoms with E-state index in [1.165, 1.54) is 4.90 Å². The summed E-state index contributed by atoms with van der Waals surface area (Å²) in [6, 6.07) is 9.92. The van der Waals surface area contributed by atoms with Crippen LogP contribution < -0.4 is 0 Å². The molecule has 130 valence electrons. The number of amides is 1. The van der Waals surface area contributed by atoms with Gasteiger partial charge >= 0.3 is 149 Å². The molecule has 0 bridgehead atoms. The van der Waals surface area contributed by atoms with Crippen LogP contribution in [0.15, 0.2) is 33.9 Å². The zero-order valence-corrected chi connectivity index (χ0v) is 18.3. The first-order chi connectivity index (χ1) is 11.0. The topological polar surface area (TPSA) is 46.6 Å². The Morgan fingerprint density at radius 3 is 2.17 bits per heavy atom. The van der Waals surface area contributed by atoms with Crippen molar-refractivity contribution in [3.8, 4) is 0 Å². The number of Topliss-reactive ketones (excluding diaryl/α,β-unsaturated/α-hetero) is 1. The van der Waals surface area contributed by atoms with Crippen molar-refractivity contribution < 1.29 is 14.3 Å². The van der Waals surface area contributed by atoms with Crippen molar-refractivity contribution in [1.29, 1.82) is 0 Å². The second kappa shape index (κ2) is 6.90. The first-order valence-corrected chi connectivity index (χ1v) is 18.3.